The maximum Gasteiger partial charge on any atom is 0.185 e. The van der Waals surface area contributed by atoms with Gasteiger partial charge in [0.05, 0.1) is 5.69 Å². The summed E-state index contributed by atoms with van der Waals surface area (Å²) in [6.07, 6.45) is 2.61. The summed E-state index contributed by atoms with van der Waals surface area (Å²) in [7, 11) is 0. The van der Waals surface area contributed by atoms with Crippen molar-refractivity contribution in [3.63, 3.8) is 0 Å². The average Bonchev–Trinajstić information content (AvgIpc) is 3.18. The van der Waals surface area contributed by atoms with Gasteiger partial charge < -0.3 is 10.6 Å². The van der Waals surface area contributed by atoms with E-state index in [1.54, 1.807) is 0 Å². The first-order valence-corrected chi connectivity index (χ1v) is 8.19. The van der Waals surface area contributed by atoms with Crippen molar-refractivity contribution in [3.8, 4) is 0 Å². The van der Waals surface area contributed by atoms with Gasteiger partial charge in [0.15, 0.2) is 5.13 Å². The zero-order valence-corrected chi connectivity index (χ0v) is 12.7. The molecule has 0 bridgehead atoms. The zero-order chi connectivity index (χ0) is 13.4. The van der Waals surface area contributed by atoms with Gasteiger partial charge in [0.1, 0.15) is 0 Å². The first-order chi connectivity index (χ1) is 9.19. The Hall–Kier alpha value is -0.650. The number of nitrogens with zero attached hydrogens (tertiary/aromatic N) is 3. The summed E-state index contributed by atoms with van der Waals surface area (Å²) in [4.78, 5) is 11.2. The normalized spacial score (nSPS) is 21.4. The number of piperazine rings is 1. The number of hydrogen-bond donors (Lipinski definition) is 1. The summed E-state index contributed by atoms with van der Waals surface area (Å²) in [6.45, 7) is 9.69. The van der Waals surface area contributed by atoms with E-state index in [0.29, 0.717) is 18.5 Å². The van der Waals surface area contributed by atoms with Gasteiger partial charge in [-0.3, -0.25) is 4.90 Å². The zero-order valence-electron chi connectivity index (χ0n) is 11.9. The molecule has 106 valence electrons. The Morgan fingerprint density at radius 1 is 1.26 bits per heavy atom. The first kappa shape index (κ1) is 13.3. The quantitative estimate of drug-likeness (QED) is 0.916. The third-order valence-electron chi connectivity index (χ3n) is 4.18. The molecule has 2 aliphatic rings. The van der Waals surface area contributed by atoms with E-state index >= 15 is 0 Å². The highest BCUT2D eigenvalue weighted by molar-refractivity contribution is 7.15. The summed E-state index contributed by atoms with van der Waals surface area (Å²) < 4.78 is 0. The van der Waals surface area contributed by atoms with Crippen molar-refractivity contribution in [3.05, 3.63) is 10.6 Å². The summed E-state index contributed by atoms with van der Waals surface area (Å²) in [5, 5.41) is 1.20. The van der Waals surface area contributed by atoms with Crippen molar-refractivity contribution in [2.75, 3.05) is 31.1 Å². The van der Waals surface area contributed by atoms with Gasteiger partial charge in [-0.2, -0.15) is 0 Å². The average molecular weight is 280 g/mol. The van der Waals surface area contributed by atoms with E-state index in [-0.39, 0.29) is 0 Å². The van der Waals surface area contributed by atoms with Crippen LogP contribution < -0.4 is 10.6 Å². The fraction of sp³-hybridized carbons (Fsp3) is 0.786. The lowest BCUT2D eigenvalue weighted by molar-refractivity contribution is 0.209. The van der Waals surface area contributed by atoms with Crippen molar-refractivity contribution in [1.82, 2.24) is 9.88 Å². The number of rotatable bonds is 4. The van der Waals surface area contributed by atoms with E-state index in [2.05, 4.69) is 23.6 Å². The Morgan fingerprint density at radius 2 is 1.95 bits per heavy atom. The van der Waals surface area contributed by atoms with E-state index < -0.39 is 0 Å². The van der Waals surface area contributed by atoms with Gasteiger partial charge in [-0.15, -0.1) is 11.3 Å². The fourth-order valence-corrected chi connectivity index (χ4v) is 3.81. The predicted molar refractivity (Wildman–Crippen MR) is 80.9 cm³/mol. The van der Waals surface area contributed by atoms with Crippen LogP contribution in [0.25, 0.3) is 0 Å². The predicted octanol–water partition coefficient (Wildman–Crippen LogP) is 2.01. The lowest BCUT2D eigenvalue weighted by Crippen LogP contribution is -2.48. The van der Waals surface area contributed by atoms with E-state index in [4.69, 9.17) is 10.7 Å². The first-order valence-electron chi connectivity index (χ1n) is 7.37. The van der Waals surface area contributed by atoms with Crippen molar-refractivity contribution >= 4 is 16.5 Å². The topological polar surface area (TPSA) is 45.4 Å². The molecule has 4 nitrogen and oxygen atoms in total. The minimum Gasteiger partial charge on any atom is -0.346 e. The van der Waals surface area contributed by atoms with Gasteiger partial charge in [0.25, 0.3) is 0 Å². The maximum atomic E-state index is 5.86. The molecule has 0 spiro atoms. The van der Waals surface area contributed by atoms with Crippen LogP contribution in [0, 0.1) is 0 Å². The van der Waals surface area contributed by atoms with Gasteiger partial charge in [0.2, 0.25) is 0 Å². The highest BCUT2D eigenvalue weighted by Crippen LogP contribution is 2.44. The smallest absolute Gasteiger partial charge is 0.185 e. The molecule has 19 heavy (non-hydrogen) atoms. The molecule has 1 aromatic heterocycles. The summed E-state index contributed by atoms with van der Waals surface area (Å²) in [5.74, 6) is 0.709. The van der Waals surface area contributed by atoms with Crippen LogP contribution in [0.1, 0.15) is 43.2 Å². The van der Waals surface area contributed by atoms with Crippen LogP contribution in [-0.2, 0) is 6.54 Å². The Morgan fingerprint density at radius 3 is 2.47 bits per heavy atom. The molecule has 1 saturated carbocycles. The van der Waals surface area contributed by atoms with E-state index in [0.717, 1.165) is 26.2 Å². The lowest BCUT2D eigenvalue weighted by atomic mass is 10.2. The lowest BCUT2D eigenvalue weighted by Gasteiger charge is -2.36. The fourth-order valence-electron chi connectivity index (χ4n) is 2.74. The van der Waals surface area contributed by atoms with Gasteiger partial charge in [0, 0.05) is 49.6 Å². The molecular weight excluding hydrogens is 256 g/mol. The Bertz CT molecular complexity index is 431. The molecule has 2 N–H and O–H groups in total. The molecule has 5 heteroatoms. The molecule has 0 radical (unpaired) electrons. The molecule has 0 aromatic carbocycles. The maximum absolute atomic E-state index is 5.86. The monoisotopic (exact) mass is 280 g/mol. The number of nitrogens with two attached hydrogens (primary N) is 1. The molecule has 2 heterocycles. The van der Waals surface area contributed by atoms with Crippen LogP contribution in [0.5, 0.6) is 0 Å². The molecule has 0 atom stereocenters. The van der Waals surface area contributed by atoms with Gasteiger partial charge in [-0.05, 0) is 26.7 Å². The van der Waals surface area contributed by atoms with Crippen LogP contribution in [0.2, 0.25) is 0 Å². The van der Waals surface area contributed by atoms with Crippen molar-refractivity contribution < 1.29 is 0 Å². The van der Waals surface area contributed by atoms with E-state index in [1.165, 1.54) is 28.5 Å². The molecule has 1 saturated heterocycles. The van der Waals surface area contributed by atoms with Crippen molar-refractivity contribution in [2.24, 2.45) is 5.73 Å². The van der Waals surface area contributed by atoms with E-state index in [1.807, 2.05) is 11.3 Å². The molecule has 0 amide bonds. The van der Waals surface area contributed by atoms with Crippen molar-refractivity contribution in [2.45, 2.75) is 45.2 Å². The van der Waals surface area contributed by atoms with Crippen LogP contribution in [-0.4, -0.2) is 42.1 Å². The number of hydrogen-bond acceptors (Lipinski definition) is 5. The second kappa shape index (κ2) is 5.38. The number of aromatic nitrogens is 1. The molecule has 0 unspecified atom stereocenters. The SMILES string of the molecule is CC(C)N1CCN(c2nc(C3CC3)c(CN)s2)CC1. The highest BCUT2D eigenvalue weighted by atomic mass is 32.1. The Labute approximate surface area is 119 Å². The van der Waals surface area contributed by atoms with Crippen LogP contribution in [0.4, 0.5) is 5.13 Å². The van der Waals surface area contributed by atoms with Gasteiger partial charge in [-0.25, -0.2) is 4.98 Å². The molecule has 3 rings (SSSR count). The summed E-state index contributed by atoms with van der Waals surface area (Å²) in [5.41, 5.74) is 7.16. The number of anilines is 1. The molecule has 1 aliphatic heterocycles. The Balaban J connectivity index is 1.69. The second-order valence-electron chi connectivity index (χ2n) is 5.90. The van der Waals surface area contributed by atoms with Crippen molar-refractivity contribution in [1.29, 1.82) is 0 Å². The van der Waals surface area contributed by atoms with Crippen LogP contribution in [0.15, 0.2) is 0 Å². The molecular formula is C14H24N4S. The largest absolute Gasteiger partial charge is 0.346 e. The van der Waals surface area contributed by atoms with E-state index in [9.17, 15) is 0 Å². The molecule has 1 aromatic rings. The van der Waals surface area contributed by atoms with Gasteiger partial charge in [-0.1, -0.05) is 0 Å². The van der Waals surface area contributed by atoms with Crippen LogP contribution >= 0.6 is 11.3 Å². The minimum absolute atomic E-state index is 0.648. The number of thiazole rings is 1. The van der Waals surface area contributed by atoms with Crippen LogP contribution in [0.3, 0.4) is 0 Å². The summed E-state index contributed by atoms with van der Waals surface area (Å²) >= 11 is 1.82. The Kier molecular flexibility index (Phi) is 3.78. The third kappa shape index (κ3) is 2.78. The standard InChI is InChI=1S/C14H24N4S/c1-10(2)17-5-7-18(8-6-17)14-16-13(11-3-4-11)12(9-15)19-14/h10-11H,3-9,15H2,1-2H3. The third-order valence-corrected chi connectivity index (χ3v) is 5.34. The second-order valence-corrected chi connectivity index (χ2v) is 6.96. The minimum atomic E-state index is 0.648. The summed E-state index contributed by atoms with van der Waals surface area (Å²) in [6, 6.07) is 0.653. The molecule has 2 fully saturated rings. The molecule has 1 aliphatic carbocycles. The van der Waals surface area contributed by atoms with Gasteiger partial charge >= 0.3 is 0 Å². The highest BCUT2D eigenvalue weighted by Gasteiger charge is 2.30.